The summed E-state index contributed by atoms with van der Waals surface area (Å²) in [5, 5.41) is 1.15. The summed E-state index contributed by atoms with van der Waals surface area (Å²) in [5.41, 5.74) is 3.71. The summed E-state index contributed by atoms with van der Waals surface area (Å²) in [7, 11) is 0. The van der Waals surface area contributed by atoms with Crippen molar-refractivity contribution in [3.8, 4) is 0 Å². The first-order valence-electron chi connectivity index (χ1n) is 4.64. The first-order valence-corrected chi connectivity index (χ1v) is 5.99. The lowest BCUT2D eigenvalue weighted by Gasteiger charge is -1.96. The number of hydrogen-bond acceptors (Lipinski definition) is 2. The van der Waals surface area contributed by atoms with Crippen LogP contribution in [0, 0.1) is 13.8 Å². The van der Waals surface area contributed by atoms with E-state index in [1.807, 2.05) is 0 Å². The first kappa shape index (κ1) is 9.94. The van der Waals surface area contributed by atoms with Crippen LogP contribution in [0.5, 0.6) is 0 Å². The number of aromatic nitrogens is 1. The van der Waals surface area contributed by atoms with Crippen molar-refractivity contribution in [1.82, 2.24) is 4.98 Å². The maximum Gasteiger partial charge on any atom is 0.0950 e. The topological polar surface area (TPSA) is 12.9 Å². The zero-order valence-electron chi connectivity index (χ0n) is 8.30. The third-order valence-corrected chi connectivity index (χ3v) is 3.73. The van der Waals surface area contributed by atoms with Gasteiger partial charge in [0, 0.05) is 12.3 Å². The number of halogens is 1. The second-order valence-corrected chi connectivity index (χ2v) is 4.89. The zero-order chi connectivity index (χ0) is 10.1. The second-order valence-electron chi connectivity index (χ2n) is 3.42. The Morgan fingerprint density at radius 1 is 1.29 bits per heavy atom. The Balaban J connectivity index is 2.63. The Morgan fingerprint density at radius 2 is 2.00 bits per heavy atom. The number of aryl methyl sites for hydroxylation is 3. The molecule has 1 aromatic carbocycles. The van der Waals surface area contributed by atoms with Gasteiger partial charge in [-0.2, -0.15) is 0 Å². The number of fused-ring (bicyclic) bond motifs is 1. The Morgan fingerprint density at radius 3 is 2.64 bits per heavy atom. The van der Waals surface area contributed by atoms with Crippen molar-refractivity contribution in [2.75, 3.05) is 5.88 Å². The minimum Gasteiger partial charge on any atom is -0.241 e. The molecule has 2 rings (SSSR count). The lowest BCUT2D eigenvalue weighted by molar-refractivity contribution is 1.11. The van der Waals surface area contributed by atoms with Crippen molar-refractivity contribution < 1.29 is 0 Å². The fraction of sp³-hybridized carbons (Fsp3) is 0.364. The maximum atomic E-state index is 5.71. The second kappa shape index (κ2) is 3.87. The molecule has 14 heavy (non-hydrogen) atoms. The summed E-state index contributed by atoms with van der Waals surface area (Å²) in [6.07, 6.45) is 0.875. The largest absolute Gasteiger partial charge is 0.241 e. The fourth-order valence-corrected chi connectivity index (χ4v) is 2.89. The van der Waals surface area contributed by atoms with Crippen molar-refractivity contribution >= 4 is 33.2 Å². The van der Waals surface area contributed by atoms with Crippen LogP contribution < -0.4 is 0 Å². The molecule has 3 heteroatoms. The van der Waals surface area contributed by atoms with Crippen LogP contribution in [0.2, 0.25) is 0 Å². The van der Waals surface area contributed by atoms with Crippen LogP contribution in [0.15, 0.2) is 12.1 Å². The molecule has 0 unspecified atom stereocenters. The van der Waals surface area contributed by atoms with Crippen LogP contribution in [0.4, 0.5) is 0 Å². The van der Waals surface area contributed by atoms with Crippen molar-refractivity contribution in [1.29, 1.82) is 0 Å². The van der Waals surface area contributed by atoms with E-state index in [2.05, 4.69) is 31.0 Å². The molecule has 1 nitrogen and oxygen atoms in total. The van der Waals surface area contributed by atoms with Gasteiger partial charge >= 0.3 is 0 Å². The van der Waals surface area contributed by atoms with Crippen molar-refractivity contribution in [2.24, 2.45) is 0 Å². The van der Waals surface area contributed by atoms with Gasteiger partial charge in [0.2, 0.25) is 0 Å². The van der Waals surface area contributed by atoms with Gasteiger partial charge in [-0.1, -0.05) is 12.1 Å². The average Bonchev–Trinajstić information content (AvgIpc) is 2.57. The van der Waals surface area contributed by atoms with Crippen LogP contribution in [-0.4, -0.2) is 10.9 Å². The van der Waals surface area contributed by atoms with Crippen molar-refractivity contribution in [3.63, 3.8) is 0 Å². The van der Waals surface area contributed by atoms with Crippen molar-refractivity contribution in [2.45, 2.75) is 20.3 Å². The lowest BCUT2D eigenvalue weighted by atomic mass is 10.1. The quantitative estimate of drug-likeness (QED) is 0.711. The Hall–Kier alpha value is -0.600. The normalized spacial score (nSPS) is 11.1. The summed E-state index contributed by atoms with van der Waals surface area (Å²) in [6, 6.07) is 4.28. The molecule has 0 saturated carbocycles. The number of hydrogen-bond donors (Lipinski definition) is 0. The van der Waals surface area contributed by atoms with Gasteiger partial charge in [-0.15, -0.1) is 22.9 Å². The van der Waals surface area contributed by atoms with Gasteiger partial charge in [-0.3, -0.25) is 0 Å². The molecule has 0 saturated heterocycles. The number of nitrogens with zero attached hydrogens (tertiary/aromatic N) is 1. The smallest absolute Gasteiger partial charge is 0.0950 e. The molecule has 2 aromatic rings. The molecule has 0 spiro atoms. The molecular weight excluding hydrogens is 214 g/mol. The summed E-state index contributed by atoms with van der Waals surface area (Å²) in [6.45, 7) is 4.23. The molecule has 1 heterocycles. The maximum absolute atomic E-state index is 5.71. The van der Waals surface area contributed by atoms with Crippen LogP contribution in [0.1, 0.15) is 16.1 Å². The molecule has 0 fully saturated rings. The predicted octanol–water partition coefficient (Wildman–Crippen LogP) is 3.69. The van der Waals surface area contributed by atoms with Gasteiger partial charge in [0.1, 0.15) is 0 Å². The first-order chi connectivity index (χ1) is 6.72. The van der Waals surface area contributed by atoms with E-state index in [0.717, 1.165) is 16.9 Å². The van der Waals surface area contributed by atoms with Crippen molar-refractivity contribution in [3.05, 3.63) is 28.3 Å². The molecule has 1 aromatic heterocycles. The zero-order valence-corrected chi connectivity index (χ0v) is 9.87. The average molecular weight is 226 g/mol. The van der Waals surface area contributed by atoms with Gasteiger partial charge in [-0.25, -0.2) is 4.98 Å². The summed E-state index contributed by atoms with van der Waals surface area (Å²) in [4.78, 5) is 4.60. The summed E-state index contributed by atoms with van der Waals surface area (Å²) < 4.78 is 1.31. The SMILES string of the molecule is Cc1ccc(C)c2sc(CCCl)nc12. The minimum atomic E-state index is 0.651. The van der Waals surface area contributed by atoms with Gasteiger partial charge in [-0.05, 0) is 25.0 Å². The Kier molecular flexibility index (Phi) is 2.75. The standard InChI is InChI=1S/C11H12ClNS/c1-7-3-4-8(2)11-10(7)13-9(14-11)5-6-12/h3-4H,5-6H2,1-2H3. The van der Waals surface area contributed by atoms with E-state index >= 15 is 0 Å². The Labute approximate surface area is 92.7 Å². The highest BCUT2D eigenvalue weighted by atomic mass is 35.5. The van der Waals surface area contributed by atoms with Gasteiger partial charge in [0.15, 0.2) is 0 Å². The van der Waals surface area contributed by atoms with Crippen LogP contribution in [0.25, 0.3) is 10.2 Å². The summed E-state index contributed by atoms with van der Waals surface area (Å²) >= 11 is 7.48. The van der Waals surface area contributed by atoms with E-state index in [4.69, 9.17) is 11.6 Å². The van der Waals surface area contributed by atoms with Crippen LogP contribution in [-0.2, 0) is 6.42 Å². The molecule has 0 N–H and O–H groups in total. The van der Waals surface area contributed by atoms with Gasteiger partial charge in [0.05, 0.1) is 15.2 Å². The van der Waals surface area contributed by atoms with Gasteiger partial charge in [0.25, 0.3) is 0 Å². The lowest BCUT2D eigenvalue weighted by Crippen LogP contribution is -1.83. The van der Waals surface area contributed by atoms with E-state index in [-0.39, 0.29) is 0 Å². The molecule has 0 aliphatic heterocycles. The number of thiazole rings is 1. The summed E-state index contributed by atoms with van der Waals surface area (Å²) in [5.74, 6) is 0.651. The Bertz CT molecular complexity index is 423. The van der Waals surface area contributed by atoms with Crippen LogP contribution in [0.3, 0.4) is 0 Å². The van der Waals surface area contributed by atoms with E-state index in [9.17, 15) is 0 Å². The molecule has 74 valence electrons. The highest BCUT2D eigenvalue weighted by Gasteiger charge is 2.07. The number of rotatable bonds is 2. The third kappa shape index (κ3) is 1.64. The highest BCUT2D eigenvalue weighted by Crippen LogP contribution is 2.28. The molecule has 0 radical (unpaired) electrons. The molecule has 0 bridgehead atoms. The van der Waals surface area contributed by atoms with E-state index < -0.39 is 0 Å². The fourth-order valence-electron chi connectivity index (χ4n) is 1.49. The molecule has 0 aliphatic carbocycles. The number of alkyl halides is 1. The molecular formula is C11H12ClNS. The highest BCUT2D eigenvalue weighted by molar-refractivity contribution is 7.18. The number of benzene rings is 1. The molecule has 0 amide bonds. The predicted molar refractivity (Wildman–Crippen MR) is 63.5 cm³/mol. The van der Waals surface area contributed by atoms with E-state index in [1.54, 1.807) is 11.3 Å². The van der Waals surface area contributed by atoms with Crippen LogP contribution >= 0.6 is 22.9 Å². The third-order valence-electron chi connectivity index (χ3n) is 2.29. The van der Waals surface area contributed by atoms with E-state index in [1.165, 1.54) is 15.8 Å². The molecule has 0 aliphatic rings. The minimum absolute atomic E-state index is 0.651. The monoisotopic (exact) mass is 225 g/mol. The van der Waals surface area contributed by atoms with E-state index in [0.29, 0.717) is 5.88 Å². The molecule has 0 atom stereocenters. The van der Waals surface area contributed by atoms with Gasteiger partial charge < -0.3 is 0 Å².